The zero-order valence-corrected chi connectivity index (χ0v) is 42.5. The molecule has 4 heterocycles. The molecule has 0 radical (unpaired) electrons. The minimum absolute atomic E-state index is 0.0159. The van der Waals surface area contributed by atoms with Crippen molar-refractivity contribution in [1.82, 2.24) is 45.1 Å². The predicted octanol–water partition coefficient (Wildman–Crippen LogP) is 11.7. The van der Waals surface area contributed by atoms with Gasteiger partial charge in [0.25, 0.3) is 18.2 Å². The predicted molar refractivity (Wildman–Crippen MR) is 285 cm³/mol. The number of pyridine rings is 1. The Morgan fingerprint density at radius 1 is 0.784 bits per heavy atom. The number of carbonyl (C=O) groups is 2. The summed E-state index contributed by atoms with van der Waals surface area (Å²) in [5.74, 6) is 2.26. The Hall–Kier alpha value is -6.78. The minimum Gasteiger partial charge on any atom is -0.444 e. The van der Waals surface area contributed by atoms with Crippen molar-refractivity contribution in [3.05, 3.63) is 132 Å². The van der Waals surface area contributed by atoms with E-state index in [4.69, 9.17) is 4.42 Å². The van der Waals surface area contributed by atoms with Crippen LogP contribution in [0, 0.1) is 17.8 Å². The third kappa shape index (κ3) is 13.7. The molecule has 0 saturated heterocycles. The van der Waals surface area contributed by atoms with E-state index in [-0.39, 0.29) is 29.2 Å². The van der Waals surface area contributed by atoms with Gasteiger partial charge in [0, 0.05) is 68.2 Å². The number of rotatable bonds is 26. The van der Waals surface area contributed by atoms with Gasteiger partial charge in [-0.1, -0.05) is 61.7 Å². The van der Waals surface area contributed by atoms with Crippen molar-refractivity contribution in [3.8, 4) is 22.6 Å². The summed E-state index contributed by atoms with van der Waals surface area (Å²) < 4.78 is 37.7. The minimum atomic E-state index is -2.85. The van der Waals surface area contributed by atoms with Gasteiger partial charge in [-0.2, -0.15) is 10.2 Å². The second-order valence-electron chi connectivity index (χ2n) is 21.0. The van der Waals surface area contributed by atoms with Gasteiger partial charge in [-0.3, -0.25) is 19.0 Å². The molecule has 7 aromatic rings. The van der Waals surface area contributed by atoms with Crippen LogP contribution in [-0.4, -0.2) is 79.5 Å². The van der Waals surface area contributed by atoms with Crippen molar-refractivity contribution < 1.29 is 22.8 Å². The molecule has 0 aliphatic heterocycles. The molecule has 16 heteroatoms. The summed E-state index contributed by atoms with van der Waals surface area (Å²) in [6.07, 6.45) is 17.6. The summed E-state index contributed by atoms with van der Waals surface area (Å²) in [4.78, 5) is 37.1. The lowest BCUT2D eigenvalue weighted by Gasteiger charge is -2.31. The van der Waals surface area contributed by atoms with Crippen LogP contribution in [0.3, 0.4) is 0 Å². The van der Waals surface area contributed by atoms with Crippen LogP contribution in [0.4, 0.5) is 20.3 Å². The molecular formula is C58H69F2N11O3. The molecule has 2 amide bonds. The number of hydrogen-bond donors (Lipinski definition) is 4. The van der Waals surface area contributed by atoms with E-state index in [1.807, 2.05) is 36.5 Å². The first kappa shape index (κ1) is 50.7. The highest BCUT2D eigenvalue weighted by Gasteiger charge is 2.29. The Labute approximate surface area is 432 Å². The molecular weight excluding hydrogens is 937 g/mol. The first-order chi connectivity index (χ1) is 36.2. The lowest BCUT2D eigenvalue weighted by atomic mass is 9.86. The number of hydrogen-bond acceptors (Lipinski definition) is 10. The molecule has 74 heavy (non-hydrogen) atoms. The molecule has 3 saturated carbocycles. The van der Waals surface area contributed by atoms with Gasteiger partial charge >= 0.3 is 0 Å². The molecule has 14 nitrogen and oxygen atoms in total. The quantitative estimate of drug-likeness (QED) is 0.0385. The van der Waals surface area contributed by atoms with E-state index in [2.05, 4.69) is 101 Å². The third-order valence-corrected chi connectivity index (χ3v) is 14.9. The van der Waals surface area contributed by atoms with E-state index in [0.29, 0.717) is 35.3 Å². The first-order valence-electron chi connectivity index (χ1n) is 26.8. The number of nitrogens with one attached hydrogen (secondary N) is 4. The number of unbranched alkanes of at least 4 members (excludes halogenated alkanes) is 4. The average Bonchev–Trinajstić information content (AvgIpc) is 4.29. The Morgan fingerprint density at radius 2 is 1.50 bits per heavy atom. The van der Waals surface area contributed by atoms with Crippen molar-refractivity contribution in [2.75, 3.05) is 43.9 Å². The molecule has 4 N–H and O–H groups in total. The van der Waals surface area contributed by atoms with Crippen molar-refractivity contribution in [1.29, 1.82) is 0 Å². The van der Waals surface area contributed by atoms with E-state index < -0.39 is 18.0 Å². The second-order valence-corrected chi connectivity index (χ2v) is 21.0. The highest BCUT2D eigenvalue weighted by molar-refractivity contribution is 6.03. The van der Waals surface area contributed by atoms with Gasteiger partial charge in [0.05, 0.1) is 23.4 Å². The highest BCUT2D eigenvalue weighted by Crippen LogP contribution is 2.36. The van der Waals surface area contributed by atoms with Crippen molar-refractivity contribution in [3.63, 3.8) is 0 Å². The number of amides is 2. The number of benzene rings is 3. The van der Waals surface area contributed by atoms with Crippen molar-refractivity contribution in [2.24, 2.45) is 17.8 Å². The van der Waals surface area contributed by atoms with Crippen LogP contribution in [0.2, 0.25) is 0 Å². The van der Waals surface area contributed by atoms with Crippen LogP contribution in [0.25, 0.3) is 33.5 Å². The molecule has 10 rings (SSSR count). The fourth-order valence-electron chi connectivity index (χ4n) is 10.1. The van der Waals surface area contributed by atoms with Crippen LogP contribution in [0.1, 0.15) is 134 Å². The zero-order valence-electron chi connectivity index (χ0n) is 42.5. The monoisotopic (exact) mass is 1010 g/mol. The van der Waals surface area contributed by atoms with Gasteiger partial charge < -0.3 is 30.6 Å². The number of nitrogens with zero attached hydrogens (tertiary/aromatic N) is 7. The maximum Gasteiger partial charge on any atom is 0.284 e. The van der Waals surface area contributed by atoms with Gasteiger partial charge in [-0.25, -0.2) is 18.7 Å². The van der Waals surface area contributed by atoms with E-state index in [0.717, 1.165) is 109 Å². The van der Waals surface area contributed by atoms with Gasteiger partial charge in [0.1, 0.15) is 12.1 Å². The molecule has 3 aliphatic rings. The van der Waals surface area contributed by atoms with Gasteiger partial charge in [-0.05, 0) is 154 Å². The van der Waals surface area contributed by atoms with E-state index in [1.165, 1.54) is 65.7 Å². The largest absolute Gasteiger partial charge is 0.444 e. The number of fused-ring (bicyclic) bond motifs is 1. The van der Waals surface area contributed by atoms with Crippen LogP contribution >= 0.6 is 0 Å². The van der Waals surface area contributed by atoms with E-state index in [1.54, 1.807) is 16.9 Å². The smallest absolute Gasteiger partial charge is 0.284 e. The number of anilines is 2. The molecule has 3 fully saturated rings. The molecule has 0 spiro atoms. The van der Waals surface area contributed by atoms with Crippen LogP contribution in [0.15, 0.2) is 108 Å². The molecule has 0 unspecified atom stereocenters. The highest BCUT2D eigenvalue weighted by atomic mass is 19.3. The maximum atomic E-state index is 14.2. The number of oxazole rings is 1. The van der Waals surface area contributed by atoms with E-state index in [9.17, 15) is 18.4 Å². The molecule has 3 aliphatic carbocycles. The normalized spacial score (nSPS) is 16.8. The Morgan fingerprint density at radius 3 is 2.26 bits per heavy atom. The maximum absolute atomic E-state index is 14.2. The molecule has 0 atom stereocenters. The summed E-state index contributed by atoms with van der Waals surface area (Å²) >= 11 is 0. The average molecular weight is 1010 g/mol. The van der Waals surface area contributed by atoms with Gasteiger partial charge in [-0.15, -0.1) is 0 Å². The molecule has 0 bridgehead atoms. The van der Waals surface area contributed by atoms with Crippen LogP contribution in [0.5, 0.6) is 0 Å². The van der Waals surface area contributed by atoms with Crippen LogP contribution in [-0.2, 0) is 19.6 Å². The molecule has 3 aromatic carbocycles. The fraction of sp³-hybridized carbons (Fsp3) is 0.448. The standard InChI is InChI=1S/C58H69F2N11O3/c1-69(35-42-15-22-49(23-16-42)70-37-50(54(68-70)55(59)60)66-57(73)51-38-74-58(67-51)47-25-27-62-53(30-47)64-33-41-7-8-41)28-6-4-2-3-5-26-63-56(72)45-19-13-40(14-20-45)32-61-31-39-11-17-44(18-12-39)46-21-24-52-48(29-46)34-65-71(52)36-43-9-10-43/h11-14,17-21,24-25,27,29-30,34,37-38,41-43,49,55,61H,2-10,15-16,22-23,26,28,31-33,35-36H2,1H3,(H,62,64)(H,63,72)(H,66,73). The number of halogens is 2. The summed E-state index contributed by atoms with van der Waals surface area (Å²) in [6, 6.07) is 26.8. The Kier molecular flexibility index (Phi) is 16.5. The summed E-state index contributed by atoms with van der Waals surface area (Å²) in [5.41, 5.74) is 6.82. The van der Waals surface area contributed by atoms with Gasteiger partial charge in [0.15, 0.2) is 11.4 Å². The fourth-order valence-corrected chi connectivity index (χ4v) is 10.1. The number of aromatic nitrogens is 6. The van der Waals surface area contributed by atoms with Crippen LogP contribution < -0.4 is 21.3 Å². The SMILES string of the molecule is CN(CCCCCCCNC(=O)c1ccc(CNCc2ccc(-c3ccc4c(cnn4CC4CC4)c3)cc2)cc1)CC1CCC(n2cc(NC(=O)c3coc(-c4ccnc(NCC5CC5)c4)n3)c(C(F)F)n2)CC1. The van der Waals surface area contributed by atoms with Crippen molar-refractivity contribution in [2.45, 2.75) is 116 Å². The summed E-state index contributed by atoms with van der Waals surface area (Å²) in [5, 5.41) is 22.6. The number of alkyl halides is 2. The van der Waals surface area contributed by atoms with Crippen molar-refractivity contribution >= 4 is 34.2 Å². The molecule has 4 aromatic heterocycles. The Balaban J connectivity index is 0.569. The lowest BCUT2D eigenvalue weighted by Crippen LogP contribution is -2.30. The van der Waals surface area contributed by atoms with E-state index >= 15 is 0 Å². The summed E-state index contributed by atoms with van der Waals surface area (Å²) in [6.45, 7) is 6.04. The number of carbonyl (C=O) groups excluding carboxylic acids is 2. The topological polar surface area (TPSA) is 160 Å². The Bertz CT molecular complexity index is 2950. The summed E-state index contributed by atoms with van der Waals surface area (Å²) in [7, 11) is 2.18. The lowest BCUT2D eigenvalue weighted by molar-refractivity contribution is 0.0951. The zero-order chi connectivity index (χ0) is 50.8. The first-order valence-corrected chi connectivity index (χ1v) is 26.8. The molecule has 388 valence electrons. The third-order valence-electron chi connectivity index (χ3n) is 14.9. The van der Waals surface area contributed by atoms with Gasteiger partial charge in [0.2, 0.25) is 5.89 Å². The second kappa shape index (κ2) is 24.1.